The molecule has 0 N–H and O–H groups in total. The molecule has 4 heterocycles. The number of aromatic nitrogens is 4. The number of para-hydroxylation sites is 4. The van der Waals surface area contributed by atoms with E-state index < -0.39 is 0 Å². The Morgan fingerprint density at radius 1 is 0.333 bits per heavy atom. The molecule has 0 saturated heterocycles. The first-order chi connectivity index (χ1) is 28.2. The summed E-state index contributed by atoms with van der Waals surface area (Å²) in [5.41, 5.74) is 11.5. The molecule has 0 radical (unpaired) electrons. The molecule has 4 aromatic heterocycles. The Labute approximate surface area is 325 Å². The topological polar surface area (TPSA) is 69.9 Å². The second-order valence-corrected chi connectivity index (χ2v) is 14.4. The predicted octanol–water partition coefficient (Wildman–Crippen LogP) is 13.4. The van der Waals surface area contributed by atoms with E-state index >= 15 is 0 Å². The molecule has 0 spiro atoms. The van der Waals surface area contributed by atoms with E-state index in [2.05, 4.69) is 102 Å². The summed E-state index contributed by atoms with van der Waals surface area (Å²) in [4.78, 5) is 15.3. The van der Waals surface area contributed by atoms with Gasteiger partial charge in [0.25, 0.3) is 0 Å². The lowest BCUT2D eigenvalue weighted by atomic mass is 9.98. The lowest BCUT2D eigenvalue weighted by molar-refractivity contribution is 0.669. The molecule has 12 rings (SSSR count). The molecular weight excluding hydrogens is 701 g/mol. The van der Waals surface area contributed by atoms with Gasteiger partial charge in [-0.05, 0) is 47.5 Å². The third-order valence-electron chi connectivity index (χ3n) is 11.1. The fourth-order valence-corrected chi connectivity index (χ4v) is 8.42. The summed E-state index contributed by atoms with van der Waals surface area (Å²) in [6.07, 6.45) is 0. The Morgan fingerprint density at radius 2 is 0.772 bits per heavy atom. The van der Waals surface area contributed by atoms with Crippen molar-refractivity contribution in [2.24, 2.45) is 0 Å². The standard InChI is InChI=1S/C51H30N4O2/c1-3-13-31(14-4-1)49-52-50(32-15-5-2-6-16-32)54-51(53-49)55-43-27-25-33(35-19-11-21-39-37-17-7-9-23-45(37)56-47(35)39)29-41(43)42-30-34(26-28-44(42)55)36-20-12-22-40-38-18-8-10-24-46(38)57-48(36)40/h1-30H. The zero-order valence-corrected chi connectivity index (χ0v) is 30.4. The van der Waals surface area contributed by atoms with Crippen molar-refractivity contribution in [3.8, 4) is 51.0 Å². The Morgan fingerprint density at radius 3 is 1.26 bits per heavy atom. The minimum absolute atomic E-state index is 0.543. The Balaban J connectivity index is 1.14. The first kappa shape index (κ1) is 31.5. The lowest BCUT2D eigenvalue weighted by Crippen LogP contribution is -2.06. The van der Waals surface area contributed by atoms with Crippen LogP contribution in [0, 0.1) is 0 Å². The largest absolute Gasteiger partial charge is 0.455 e. The maximum Gasteiger partial charge on any atom is 0.238 e. The van der Waals surface area contributed by atoms with Crippen LogP contribution in [0.25, 0.3) is 117 Å². The molecule has 8 aromatic carbocycles. The predicted molar refractivity (Wildman–Crippen MR) is 230 cm³/mol. The summed E-state index contributed by atoms with van der Waals surface area (Å²) in [6, 6.07) is 62.7. The normalized spacial score (nSPS) is 11.9. The molecule has 0 aliphatic rings. The quantitative estimate of drug-likeness (QED) is 0.176. The van der Waals surface area contributed by atoms with Gasteiger partial charge < -0.3 is 8.83 Å². The van der Waals surface area contributed by atoms with Gasteiger partial charge >= 0.3 is 0 Å². The summed E-state index contributed by atoms with van der Waals surface area (Å²) < 4.78 is 15.2. The molecule has 0 bridgehead atoms. The number of nitrogens with zero attached hydrogens (tertiary/aromatic N) is 4. The molecule has 0 aliphatic carbocycles. The fourth-order valence-electron chi connectivity index (χ4n) is 8.42. The highest BCUT2D eigenvalue weighted by atomic mass is 16.3. The summed E-state index contributed by atoms with van der Waals surface area (Å²) >= 11 is 0. The monoisotopic (exact) mass is 730 g/mol. The van der Waals surface area contributed by atoms with Gasteiger partial charge in [-0.2, -0.15) is 9.97 Å². The molecule has 12 aromatic rings. The summed E-state index contributed by atoms with van der Waals surface area (Å²) in [6.45, 7) is 0. The molecule has 0 atom stereocenters. The fraction of sp³-hybridized carbons (Fsp3) is 0. The number of fused-ring (bicyclic) bond motifs is 9. The average Bonchev–Trinajstić information content (AvgIpc) is 3.96. The van der Waals surface area contributed by atoms with Crippen molar-refractivity contribution in [1.29, 1.82) is 0 Å². The van der Waals surface area contributed by atoms with Crippen molar-refractivity contribution in [1.82, 2.24) is 19.5 Å². The van der Waals surface area contributed by atoms with Crippen LogP contribution in [0.5, 0.6) is 0 Å². The van der Waals surface area contributed by atoms with Crippen LogP contribution in [-0.2, 0) is 0 Å². The van der Waals surface area contributed by atoms with Gasteiger partial charge in [-0.15, -0.1) is 0 Å². The maximum absolute atomic E-state index is 6.52. The van der Waals surface area contributed by atoms with Crippen LogP contribution in [0.3, 0.4) is 0 Å². The van der Waals surface area contributed by atoms with Gasteiger partial charge in [-0.1, -0.05) is 146 Å². The zero-order chi connectivity index (χ0) is 37.5. The maximum atomic E-state index is 6.52. The highest BCUT2D eigenvalue weighted by Gasteiger charge is 2.21. The van der Waals surface area contributed by atoms with E-state index in [1.165, 1.54) is 0 Å². The first-order valence-electron chi connectivity index (χ1n) is 19.0. The van der Waals surface area contributed by atoms with E-state index in [1.807, 2.05) is 84.9 Å². The number of hydrogen-bond donors (Lipinski definition) is 0. The van der Waals surface area contributed by atoms with Crippen LogP contribution >= 0.6 is 0 Å². The smallest absolute Gasteiger partial charge is 0.238 e. The zero-order valence-electron chi connectivity index (χ0n) is 30.4. The highest BCUT2D eigenvalue weighted by molar-refractivity contribution is 6.15. The van der Waals surface area contributed by atoms with Crippen LogP contribution in [0.1, 0.15) is 0 Å². The third kappa shape index (κ3) is 4.94. The Kier molecular flexibility index (Phi) is 6.83. The van der Waals surface area contributed by atoms with E-state index in [0.717, 1.165) is 99.1 Å². The molecule has 0 unspecified atom stereocenters. The van der Waals surface area contributed by atoms with Crippen LogP contribution in [0.2, 0.25) is 0 Å². The summed E-state index contributed by atoms with van der Waals surface area (Å²) in [5.74, 6) is 1.76. The first-order valence-corrected chi connectivity index (χ1v) is 19.0. The SMILES string of the molecule is c1ccc(-c2nc(-c3ccccc3)nc(-n3c4ccc(-c5cccc6c5oc5ccccc56)cc4c4cc(-c5cccc6c5oc5ccccc56)ccc43)n2)cc1. The van der Waals surface area contributed by atoms with Gasteiger partial charge in [0.15, 0.2) is 11.6 Å². The van der Waals surface area contributed by atoms with Crippen molar-refractivity contribution >= 4 is 65.7 Å². The molecule has 0 fully saturated rings. The van der Waals surface area contributed by atoms with Crippen molar-refractivity contribution in [3.05, 3.63) is 182 Å². The lowest BCUT2D eigenvalue weighted by Gasteiger charge is -2.11. The van der Waals surface area contributed by atoms with E-state index in [9.17, 15) is 0 Å². The average molecular weight is 731 g/mol. The molecular formula is C51H30N4O2. The highest BCUT2D eigenvalue weighted by Crippen LogP contribution is 2.42. The number of rotatable bonds is 5. The molecule has 6 heteroatoms. The van der Waals surface area contributed by atoms with Crippen LogP contribution in [0.15, 0.2) is 191 Å². The van der Waals surface area contributed by atoms with Gasteiger partial charge in [0.05, 0.1) is 11.0 Å². The van der Waals surface area contributed by atoms with Crippen molar-refractivity contribution in [2.75, 3.05) is 0 Å². The van der Waals surface area contributed by atoms with Gasteiger partial charge in [0.2, 0.25) is 5.95 Å². The molecule has 6 nitrogen and oxygen atoms in total. The number of furan rings is 2. The molecule has 0 saturated carbocycles. The summed E-state index contributed by atoms with van der Waals surface area (Å²) in [5, 5.41) is 6.54. The molecule has 0 amide bonds. The Hall–Kier alpha value is -7.83. The van der Waals surface area contributed by atoms with Gasteiger partial charge in [-0.3, -0.25) is 4.57 Å². The molecule has 57 heavy (non-hydrogen) atoms. The van der Waals surface area contributed by atoms with Crippen LogP contribution in [-0.4, -0.2) is 19.5 Å². The number of hydrogen-bond acceptors (Lipinski definition) is 5. The molecule has 0 aliphatic heterocycles. The number of benzene rings is 8. The van der Waals surface area contributed by atoms with Crippen LogP contribution in [0.4, 0.5) is 0 Å². The van der Waals surface area contributed by atoms with Gasteiger partial charge in [0, 0.05) is 54.6 Å². The second-order valence-electron chi connectivity index (χ2n) is 14.4. The van der Waals surface area contributed by atoms with Gasteiger partial charge in [0.1, 0.15) is 22.3 Å². The summed E-state index contributed by atoms with van der Waals surface area (Å²) in [7, 11) is 0. The van der Waals surface area contributed by atoms with Crippen LogP contribution < -0.4 is 0 Å². The van der Waals surface area contributed by atoms with Crippen molar-refractivity contribution < 1.29 is 8.83 Å². The van der Waals surface area contributed by atoms with E-state index in [4.69, 9.17) is 23.8 Å². The van der Waals surface area contributed by atoms with Crippen molar-refractivity contribution in [3.63, 3.8) is 0 Å². The second kappa shape index (κ2) is 12.3. The Bertz CT molecular complexity index is 3300. The van der Waals surface area contributed by atoms with E-state index in [1.54, 1.807) is 0 Å². The third-order valence-corrected chi connectivity index (χ3v) is 11.1. The molecule has 266 valence electrons. The minimum Gasteiger partial charge on any atom is -0.455 e. The van der Waals surface area contributed by atoms with E-state index in [0.29, 0.717) is 17.6 Å². The van der Waals surface area contributed by atoms with E-state index in [-0.39, 0.29) is 0 Å². The minimum atomic E-state index is 0.543. The van der Waals surface area contributed by atoms with Gasteiger partial charge in [-0.25, -0.2) is 4.98 Å². The van der Waals surface area contributed by atoms with Crippen molar-refractivity contribution in [2.45, 2.75) is 0 Å².